The Balaban J connectivity index is 1.93. The van der Waals surface area contributed by atoms with E-state index in [-0.39, 0.29) is 22.8 Å². The molecule has 0 aliphatic rings. The molecule has 162 valence electrons. The predicted octanol–water partition coefficient (Wildman–Crippen LogP) is 8.11. The third-order valence-electron chi connectivity index (χ3n) is 4.67. The molecule has 0 amide bonds. The number of benzene rings is 3. The molecule has 0 unspecified atom stereocenters. The average Bonchev–Trinajstić information content (AvgIpc) is 2.66. The van der Waals surface area contributed by atoms with Gasteiger partial charge in [0.2, 0.25) is 0 Å². The van der Waals surface area contributed by atoms with Crippen molar-refractivity contribution in [2.75, 3.05) is 0 Å². The van der Waals surface area contributed by atoms with Gasteiger partial charge in [-0.15, -0.1) is 0 Å². The second kappa shape index (κ2) is 8.96. The van der Waals surface area contributed by atoms with E-state index in [0.717, 1.165) is 18.6 Å². The Morgan fingerprint density at radius 3 is 1.71 bits per heavy atom. The minimum Gasteiger partial charge on any atom is -0.206 e. The van der Waals surface area contributed by atoms with Gasteiger partial charge in [-0.05, 0) is 59.0 Å². The van der Waals surface area contributed by atoms with E-state index in [1.54, 1.807) is 0 Å². The highest BCUT2D eigenvalue weighted by Crippen LogP contribution is 2.31. The number of allylic oxidation sites excluding steroid dienone is 1. The van der Waals surface area contributed by atoms with Crippen LogP contribution in [0, 0.1) is 23.3 Å². The quantitative estimate of drug-likeness (QED) is 0.353. The van der Waals surface area contributed by atoms with Gasteiger partial charge in [-0.1, -0.05) is 37.6 Å². The first-order valence-electron chi connectivity index (χ1n) is 9.42. The van der Waals surface area contributed by atoms with Gasteiger partial charge in [-0.3, -0.25) is 0 Å². The Hall–Kier alpha value is -3.09. The highest BCUT2D eigenvalue weighted by Gasteiger charge is 2.23. The Bertz CT molecular complexity index is 1060. The smallest absolute Gasteiger partial charge is 0.206 e. The maximum absolute atomic E-state index is 14.4. The van der Waals surface area contributed by atoms with Crippen molar-refractivity contribution in [3.8, 4) is 22.3 Å². The molecule has 0 fully saturated rings. The molecule has 0 radical (unpaired) electrons. The Morgan fingerprint density at radius 2 is 1.23 bits per heavy atom. The lowest BCUT2D eigenvalue weighted by Crippen LogP contribution is -2.01. The number of hydrogen-bond acceptors (Lipinski definition) is 0. The fourth-order valence-electron chi connectivity index (χ4n) is 3.25. The van der Waals surface area contributed by atoms with Crippen LogP contribution >= 0.6 is 0 Å². The summed E-state index contributed by atoms with van der Waals surface area (Å²) in [5.74, 6) is -3.76. The van der Waals surface area contributed by atoms with Crippen molar-refractivity contribution in [3.63, 3.8) is 0 Å². The van der Waals surface area contributed by atoms with E-state index in [2.05, 4.69) is 0 Å². The summed E-state index contributed by atoms with van der Waals surface area (Å²) < 4.78 is 94.0. The fraction of sp³-hybridized carbons (Fsp3) is 0.167. The van der Waals surface area contributed by atoms with Crippen LogP contribution in [0.4, 0.5) is 30.7 Å². The van der Waals surface area contributed by atoms with Crippen LogP contribution in [0.1, 0.15) is 24.5 Å². The van der Waals surface area contributed by atoms with Gasteiger partial charge in [-0.2, -0.15) is 13.2 Å². The number of alkyl halides is 3. The molecule has 3 aromatic carbocycles. The lowest BCUT2D eigenvalue weighted by molar-refractivity contribution is -0.0790. The zero-order valence-corrected chi connectivity index (χ0v) is 16.3. The second-order valence-electron chi connectivity index (χ2n) is 6.99. The molecular formula is C24H17F7. The van der Waals surface area contributed by atoms with Crippen LogP contribution in [0.15, 0.2) is 54.6 Å². The monoisotopic (exact) mass is 438 g/mol. The molecule has 0 atom stereocenters. The predicted molar refractivity (Wildman–Crippen MR) is 106 cm³/mol. The molecule has 0 aliphatic heterocycles. The maximum Gasteiger partial charge on any atom is 0.409 e. The molecule has 0 heterocycles. The normalized spacial score (nSPS) is 12.0. The van der Waals surface area contributed by atoms with Crippen molar-refractivity contribution in [2.24, 2.45) is 0 Å². The summed E-state index contributed by atoms with van der Waals surface area (Å²) in [6.07, 6.45) is -3.35. The van der Waals surface area contributed by atoms with Gasteiger partial charge < -0.3 is 0 Å². The molecule has 0 nitrogen and oxygen atoms in total. The number of halogens is 7. The van der Waals surface area contributed by atoms with E-state index in [1.807, 2.05) is 6.92 Å². The Morgan fingerprint density at radius 1 is 0.710 bits per heavy atom. The summed E-state index contributed by atoms with van der Waals surface area (Å²) in [5, 5.41) is 0. The second-order valence-corrected chi connectivity index (χ2v) is 6.99. The van der Waals surface area contributed by atoms with Crippen molar-refractivity contribution in [1.29, 1.82) is 0 Å². The first kappa shape index (κ1) is 22.6. The van der Waals surface area contributed by atoms with Crippen molar-refractivity contribution in [1.82, 2.24) is 0 Å². The first-order chi connectivity index (χ1) is 14.6. The van der Waals surface area contributed by atoms with Gasteiger partial charge in [0.1, 0.15) is 23.3 Å². The van der Waals surface area contributed by atoms with Crippen LogP contribution in [-0.2, 0) is 6.42 Å². The SMILES string of the molecule is CCCc1cc(F)c(-c2ccc(-c3cc(F)c(/C=C/C(F)(F)F)c(F)c3)cc2)c(F)c1. The highest BCUT2D eigenvalue weighted by atomic mass is 19.4. The molecule has 3 rings (SSSR count). The average molecular weight is 438 g/mol. The number of rotatable bonds is 5. The van der Waals surface area contributed by atoms with Gasteiger partial charge in [-0.25, -0.2) is 17.6 Å². The van der Waals surface area contributed by atoms with Crippen LogP contribution in [-0.4, -0.2) is 6.18 Å². The van der Waals surface area contributed by atoms with Crippen molar-refractivity contribution in [2.45, 2.75) is 25.9 Å². The van der Waals surface area contributed by atoms with Gasteiger partial charge in [0.05, 0.1) is 5.56 Å². The molecule has 31 heavy (non-hydrogen) atoms. The number of aryl methyl sites for hydroxylation is 1. The third kappa shape index (κ3) is 5.34. The van der Waals surface area contributed by atoms with E-state index in [0.29, 0.717) is 23.6 Å². The van der Waals surface area contributed by atoms with E-state index in [1.165, 1.54) is 36.4 Å². The topological polar surface area (TPSA) is 0 Å². The van der Waals surface area contributed by atoms with Crippen LogP contribution in [0.2, 0.25) is 0 Å². The summed E-state index contributed by atoms with van der Waals surface area (Å²) >= 11 is 0. The van der Waals surface area contributed by atoms with Gasteiger partial charge >= 0.3 is 6.18 Å². The first-order valence-corrected chi connectivity index (χ1v) is 9.42. The third-order valence-corrected chi connectivity index (χ3v) is 4.67. The number of hydrogen-bond donors (Lipinski definition) is 0. The summed E-state index contributed by atoms with van der Waals surface area (Å²) in [4.78, 5) is 0. The Labute approximate surface area is 174 Å². The molecular weight excluding hydrogens is 421 g/mol. The molecule has 3 aromatic rings. The van der Waals surface area contributed by atoms with Crippen LogP contribution in [0.3, 0.4) is 0 Å². The van der Waals surface area contributed by atoms with Crippen LogP contribution < -0.4 is 0 Å². The summed E-state index contributed by atoms with van der Waals surface area (Å²) in [7, 11) is 0. The highest BCUT2D eigenvalue weighted by molar-refractivity contribution is 5.72. The van der Waals surface area contributed by atoms with Crippen molar-refractivity contribution in [3.05, 3.63) is 89.0 Å². The lowest BCUT2D eigenvalue weighted by atomic mass is 9.97. The zero-order chi connectivity index (χ0) is 22.8. The maximum atomic E-state index is 14.4. The largest absolute Gasteiger partial charge is 0.409 e. The summed E-state index contributed by atoms with van der Waals surface area (Å²) in [5.41, 5.74) is 0.169. The summed E-state index contributed by atoms with van der Waals surface area (Å²) in [6, 6.07) is 10.00. The van der Waals surface area contributed by atoms with E-state index < -0.39 is 35.0 Å². The van der Waals surface area contributed by atoms with E-state index in [4.69, 9.17) is 0 Å². The molecule has 0 bridgehead atoms. The molecule has 0 saturated carbocycles. The van der Waals surface area contributed by atoms with Crippen molar-refractivity contribution >= 4 is 6.08 Å². The lowest BCUT2D eigenvalue weighted by Gasteiger charge is -2.10. The van der Waals surface area contributed by atoms with E-state index >= 15 is 0 Å². The molecule has 0 spiro atoms. The molecule has 0 aromatic heterocycles. The zero-order valence-electron chi connectivity index (χ0n) is 16.3. The fourth-order valence-corrected chi connectivity index (χ4v) is 3.25. The van der Waals surface area contributed by atoms with Gasteiger partial charge in [0.25, 0.3) is 0 Å². The van der Waals surface area contributed by atoms with Gasteiger partial charge in [0, 0.05) is 11.6 Å². The molecule has 0 N–H and O–H groups in total. The molecule has 0 aliphatic carbocycles. The summed E-state index contributed by atoms with van der Waals surface area (Å²) in [6.45, 7) is 1.90. The molecule has 7 heteroatoms. The Kier molecular flexibility index (Phi) is 6.53. The minimum atomic E-state index is -4.70. The van der Waals surface area contributed by atoms with E-state index in [9.17, 15) is 30.7 Å². The van der Waals surface area contributed by atoms with Gasteiger partial charge in [0.15, 0.2) is 0 Å². The molecule has 0 saturated heterocycles. The standard InChI is InChI=1S/C24H17F7/c1-2-3-14-10-21(27)23(22(28)11-14)16-6-4-15(5-7-16)17-12-19(25)18(20(26)13-17)8-9-24(29,30)31/h4-13H,2-3H2,1H3/b9-8+. The van der Waals surface area contributed by atoms with Crippen molar-refractivity contribution < 1.29 is 30.7 Å². The van der Waals surface area contributed by atoms with Crippen LogP contribution in [0.25, 0.3) is 28.3 Å². The van der Waals surface area contributed by atoms with Crippen LogP contribution in [0.5, 0.6) is 0 Å². The minimum absolute atomic E-state index is 0.0740.